The molecule has 0 saturated carbocycles. The molecule has 2 rings (SSSR count). The normalized spacial score (nSPS) is 11.6. The Balaban J connectivity index is 2.65. The number of nitrogens with zero attached hydrogens (tertiary/aromatic N) is 1. The van der Waals surface area contributed by atoms with Crippen LogP contribution in [0.15, 0.2) is 24.5 Å². The highest BCUT2D eigenvalue weighted by Gasteiger charge is 2.19. The molecule has 0 fully saturated rings. The molecule has 2 aromatic rings. The van der Waals surface area contributed by atoms with Gasteiger partial charge in [0.1, 0.15) is 5.75 Å². The monoisotopic (exact) mass is 244 g/mol. The Morgan fingerprint density at radius 3 is 2.44 bits per heavy atom. The standard InChI is InChI=1S/C15H20N2O/c1-10-6-14(18-5)12(11-8-16-17-9-11)7-13(10)15(2,3)4/h6-9H,1-5H3,(H,16,17). The van der Waals surface area contributed by atoms with Gasteiger partial charge in [-0.25, -0.2) is 0 Å². The molecule has 0 atom stereocenters. The Labute approximate surface area is 108 Å². The number of hydrogen-bond donors (Lipinski definition) is 1. The number of aromatic amines is 1. The lowest BCUT2D eigenvalue weighted by Gasteiger charge is -2.23. The number of nitrogens with one attached hydrogen (secondary N) is 1. The van der Waals surface area contributed by atoms with Gasteiger partial charge in [0.15, 0.2) is 0 Å². The Morgan fingerprint density at radius 1 is 1.22 bits per heavy atom. The molecular formula is C15H20N2O. The first-order valence-corrected chi connectivity index (χ1v) is 6.11. The molecular weight excluding hydrogens is 224 g/mol. The van der Waals surface area contributed by atoms with Crippen LogP contribution in [0.2, 0.25) is 0 Å². The summed E-state index contributed by atoms with van der Waals surface area (Å²) in [7, 11) is 1.70. The SMILES string of the molecule is COc1cc(C)c(C(C)(C)C)cc1-c1cn[nH]c1. The summed E-state index contributed by atoms with van der Waals surface area (Å²) in [4.78, 5) is 0. The molecule has 1 aromatic heterocycles. The van der Waals surface area contributed by atoms with Crippen LogP contribution in [0.1, 0.15) is 31.9 Å². The number of rotatable bonds is 2. The van der Waals surface area contributed by atoms with E-state index in [0.717, 1.165) is 16.9 Å². The first kappa shape index (κ1) is 12.7. The van der Waals surface area contributed by atoms with Gasteiger partial charge in [-0.05, 0) is 35.6 Å². The van der Waals surface area contributed by atoms with Gasteiger partial charge in [0, 0.05) is 17.3 Å². The molecule has 1 heterocycles. The first-order valence-electron chi connectivity index (χ1n) is 6.11. The minimum absolute atomic E-state index is 0.120. The molecule has 0 bridgehead atoms. The predicted molar refractivity (Wildman–Crippen MR) is 74.0 cm³/mol. The molecule has 1 aromatic carbocycles. The Morgan fingerprint density at radius 2 is 1.94 bits per heavy atom. The third kappa shape index (κ3) is 2.26. The van der Waals surface area contributed by atoms with Gasteiger partial charge in [-0.15, -0.1) is 0 Å². The highest BCUT2D eigenvalue weighted by molar-refractivity contribution is 5.71. The lowest BCUT2D eigenvalue weighted by atomic mass is 9.82. The number of aryl methyl sites for hydroxylation is 1. The zero-order chi connectivity index (χ0) is 13.3. The maximum Gasteiger partial charge on any atom is 0.127 e. The van der Waals surface area contributed by atoms with Crippen LogP contribution in [-0.2, 0) is 5.41 Å². The molecule has 1 N–H and O–H groups in total. The second-order valence-corrected chi connectivity index (χ2v) is 5.60. The number of ether oxygens (including phenoxy) is 1. The van der Waals surface area contributed by atoms with E-state index < -0.39 is 0 Å². The fourth-order valence-corrected chi connectivity index (χ4v) is 2.28. The van der Waals surface area contributed by atoms with Gasteiger partial charge in [0.05, 0.1) is 13.3 Å². The van der Waals surface area contributed by atoms with Crippen LogP contribution in [-0.4, -0.2) is 17.3 Å². The molecule has 3 heteroatoms. The molecule has 0 aliphatic heterocycles. The van der Waals surface area contributed by atoms with Crippen LogP contribution in [0.25, 0.3) is 11.1 Å². The van der Waals surface area contributed by atoms with Gasteiger partial charge in [0.2, 0.25) is 0 Å². The van der Waals surface area contributed by atoms with Crippen LogP contribution in [0, 0.1) is 6.92 Å². The van der Waals surface area contributed by atoms with E-state index in [1.807, 2.05) is 12.4 Å². The highest BCUT2D eigenvalue weighted by Crippen LogP contribution is 2.36. The van der Waals surface area contributed by atoms with E-state index in [1.165, 1.54) is 11.1 Å². The third-order valence-electron chi connectivity index (χ3n) is 3.16. The second-order valence-electron chi connectivity index (χ2n) is 5.60. The first-order chi connectivity index (χ1) is 8.43. The summed E-state index contributed by atoms with van der Waals surface area (Å²) in [5.74, 6) is 0.891. The molecule has 18 heavy (non-hydrogen) atoms. The summed E-state index contributed by atoms with van der Waals surface area (Å²) < 4.78 is 5.48. The highest BCUT2D eigenvalue weighted by atomic mass is 16.5. The van der Waals surface area contributed by atoms with Gasteiger partial charge in [-0.3, -0.25) is 5.10 Å². The largest absolute Gasteiger partial charge is 0.496 e. The zero-order valence-electron chi connectivity index (χ0n) is 11.7. The van der Waals surface area contributed by atoms with E-state index >= 15 is 0 Å². The van der Waals surface area contributed by atoms with Crippen LogP contribution in [0.5, 0.6) is 5.75 Å². The molecule has 0 saturated heterocycles. The summed E-state index contributed by atoms with van der Waals surface area (Å²) >= 11 is 0. The molecule has 3 nitrogen and oxygen atoms in total. The molecule has 0 aliphatic rings. The average Bonchev–Trinajstić information content (AvgIpc) is 2.80. The lowest BCUT2D eigenvalue weighted by Crippen LogP contribution is -2.13. The smallest absolute Gasteiger partial charge is 0.127 e. The molecule has 0 spiro atoms. The van der Waals surface area contributed by atoms with Gasteiger partial charge in [0.25, 0.3) is 0 Å². The van der Waals surface area contributed by atoms with Crippen LogP contribution in [0.3, 0.4) is 0 Å². The zero-order valence-corrected chi connectivity index (χ0v) is 11.7. The van der Waals surface area contributed by atoms with E-state index in [9.17, 15) is 0 Å². The summed E-state index contributed by atoms with van der Waals surface area (Å²) in [6.07, 6.45) is 3.71. The Bertz CT molecular complexity index is 536. The topological polar surface area (TPSA) is 37.9 Å². The van der Waals surface area contributed by atoms with Crippen molar-refractivity contribution in [2.45, 2.75) is 33.1 Å². The van der Waals surface area contributed by atoms with Crippen LogP contribution < -0.4 is 4.74 Å². The molecule has 0 unspecified atom stereocenters. The Kier molecular flexibility index (Phi) is 3.16. The van der Waals surface area contributed by atoms with E-state index in [-0.39, 0.29) is 5.41 Å². The molecule has 0 amide bonds. The minimum atomic E-state index is 0.120. The van der Waals surface area contributed by atoms with Crippen molar-refractivity contribution in [2.75, 3.05) is 7.11 Å². The van der Waals surface area contributed by atoms with Crippen molar-refractivity contribution in [1.82, 2.24) is 10.2 Å². The third-order valence-corrected chi connectivity index (χ3v) is 3.16. The van der Waals surface area contributed by atoms with Crippen LogP contribution in [0.4, 0.5) is 0 Å². The summed E-state index contributed by atoms with van der Waals surface area (Å²) in [5.41, 5.74) is 4.85. The number of methoxy groups -OCH3 is 1. The van der Waals surface area contributed by atoms with E-state index in [0.29, 0.717) is 0 Å². The summed E-state index contributed by atoms with van der Waals surface area (Å²) in [6.45, 7) is 8.80. The second kappa shape index (κ2) is 4.48. The van der Waals surface area contributed by atoms with E-state index in [1.54, 1.807) is 7.11 Å². The summed E-state index contributed by atoms with van der Waals surface area (Å²) in [5, 5.41) is 6.85. The van der Waals surface area contributed by atoms with Crippen molar-refractivity contribution in [3.63, 3.8) is 0 Å². The van der Waals surface area contributed by atoms with Gasteiger partial charge >= 0.3 is 0 Å². The van der Waals surface area contributed by atoms with Gasteiger partial charge < -0.3 is 4.74 Å². The lowest BCUT2D eigenvalue weighted by molar-refractivity contribution is 0.415. The van der Waals surface area contributed by atoms with E-state index in [4.69, 9.17) is 4.74 Å². The maximum absolute atomic E-state index is 5.48. The van der Waals surface area contributed by atoms with Crippen molar-refractivity contribution >= 4 is 0 Å². The van der Waals surface area contributed by atoms with Crippen molar-refractivity contribution < 1.29 is 4.74 Å². The minimum Gasteiger partial charge on any atom is -0.496 e. The van der Waals surface area contributed by atoms with Crippen molar-refractivity contribution in [1.29, 1.82) is 0 Å². The number of benzene rings is 1. The van der Waals surface area contributed by atoms with Crippen LogP contribution >= 0.6 is 0 Å². The quantitative estimate of drug-likeness (QED) is 0.874. The number of hydrogen-bond acceptors (Lipinski definition) is 2. The molecule has 96 valence electrons. The summed E-state index contributed by atoms with van der Waals surface area (Å²) in [6, 6.07) is 4.31. The predicted octanol–water partition coefficient (Wildman–Crippen LogP) is 3.69. The average molecular weight is 244 g/mol. The number of H-pyrrole nitrogens is 1. The fourth-order valence-electron chi connectivity index (χ4n) is 2.28. The number of aromatic nitrogens is 2. The van der Waals surface area contributed by atoms with Crippen molar-refractivity contribution in [2.24, 2.45) is 0 Å². The van der Waals surface area contributed by atoms with Gasteiger partial charge in [-0.2, -0.15) is 5.10 Å². The Hall–Kier alpha value is -1.77. The maximum atomic E-state index is 5.48. The molecule has 0 aliphatic carbocycles. The fraction of sp³-hybridized carbons (Fsp3) is 0.400. The van der Waals surface area contributed by atoms with Crippen molar-refractivity contribution in [3.8, 4) is 16.9 Å². The van der Waals surface area contributed by atoms with Gasteiger partial charge in [-0.1, -0.05) is 20.8 Å². The van der Waals surface area contributed by atoms with Crippen molar-refractivity contribution in [3.05, 3.63) is 35.7 Å². The molecule has 0 radical (unpaired) electrons. The van der Waals surface area contributed by atoms with E-state index in [2.05, 4.69) is 50.0 Å².